The van der Waals surface area contributed by atoms with Gasteiger partial charge < -0.3 is 10.2 Å². The SMILES string of the molecule is Cc1cccnc1-c1ncccc1C(=O)N1C[C@H]2C[C@@H](Nc3ccc(C(F)(F)F)cn3)[C@@H]1C2. The summed E-state index contributed by atoms with van der Waals surface area (Å²) in [6.45, 7) is 2.58. The Morgan fingerprint density at radius 3 is 2.45 bits per heavy atom. The lowest BCUT2D eigenvalue weighted by Gasteiger charge is -2.34. The first kappa shape index (κ1) is 21.4. The van der Waals surface area contributed by atoms with Gasteiger partial charge in [0.15, 0.2) is 0 Å². The van der Waals surface area contributed by atoms with Gasteiger partial charge in [0.05, 0.1) is 22.9 Å². The van der Waals surface area contributed by atoms with Gasteiger partial charge in [-0.3, -0.25) is 14.8 Å². The third kappa shape index (κ3) is 4.03. The molecule has 0 unspecified atom stereocenters. The fourth-order valence-electron chi connectivity index (χ4n) is 4.91. The van der Waals surface area contributed by atoms with E-state index in [2.05, 4.69) is 20.3 Å². The third-order valence-corrected chi connectivity index (χ3v) is 6.44. The van der Waals surface area contributed by atoms with Gasteiger partial charge >= 0.3 is 6.18 Å². The average Bonchev–Trinajstić information content (AvgIpc) is 3.39. The molecule has 4 heterocycles. The Kier molecular flexibility index (Phi) is 5.26. The number of carbonyl (C=O) groups is 1. The zero-order valence-electron chi connectivity index (χ0n) is 17.9. The fraction of sp³-hybridized carbons (Fsp3) is 0.333. The zero-order valence-corrected chi connectivity index (χ0v) is 17.9. The molecule has 2 bridgehead atoms. The van der Waals surface area contributed by atoms with Crippen molar-refractivity contribution in [2.75, 3.05) is 11.9 Å². The Labute approximate surface area is 188 Å². The summed E-state index contributed by atoms with van der Waals surface area (Å²) in [4.78, 5) is 28.3. The van der Waals surface area contributed by atoms with E-state index < -0.39 is 11.7 Å². The van der Waals surface area contributed by atoms with Crippen LogP contribution in [0.5, 0.6) is 0 Å². The van der Waals surface area contributed by atoms with Crippen LogP contribution >= 0.6 is 0 Å². The van der Waals surface area contributed by atoms with Gasteiger partial charge in [0.25, 0.3) is 5.91 Å². The molecule has 2 aliphatic rings. The van der Waals surface area contributed by atoms with Crippen LogP contribution in [0.15, 0.2) is 55.0 Å². The second-order valence-electron chi connectivity index (χ2n) is 8.61. The number of alkyl halides is 3. The fourth-order valence-corrected chi connectivity index (χ4v) is 4.91. The van der Waals surface area contributed by atoms with Crippen molar-refractivity contribution in [3.05, 3.63) is 71.7 Å². The molecule has 2 fully saturated rings. The molecule has 1 aliphatic heterocycles. The molecule has 33 heavy (non-hydrogen) atoms. The maximum atomic E-state index is 13.6. The van der Waals surface area contributed by atoms with Crippen LogP contribution in [0.4, 0.5) is 19.0 Å². The highest BCUT2D eigenvalue weighted by Gasteiger charge is 2.47. The van der Waals surface area contributed by atoms with Crippen LogP contribution in [0.25, 0.3) is 11.4 Å². The van der Waals surface area contributed by atoms with Crippen LogP contribution in [-0.4, -0.2) is 44.4 Å². The van der Waals surface area contributed by atoms with Crippen molar-refractivity contribution < 1.29 is 18.0 Å². The number of carbonyl (C=O) groups excluding carboxylic acids is 1. The molecule has 9 heteroatoms. The van der Waals surface area contributed by atoms with Crippen LogP contribution in [0, 0.1) is 12.8 Å². The van der Waals surface area contributed by atoms with Crippen molar-refractivity contribution in [1.82, 2.24) is 19.9 Å². The molecule has 1 saturated heterocycles. The monoisotopic (exact) mass is 453 g/mol. The Morgan fingerprint density at radius 2 is 1.79 bits per heavy atom. The molecular formula is C24H22F3N5O. The van der Waals surface area contributed by atoms with Crippen molar-refractivity contribution in [2.45, 2.75) is 38.0 Å². The van der Waals surface area contributed by atoms with Gasteiger partial charge in [-0.1, -0.05) is 6.07 Å². The molecular weight excluding hydrogens is 431 g/mol. The number of hydrogen-bond acceptors (Lipinski definition) is 5. The van der Waals surface area contributed by atoms with Crippen molar-refractivity contribution in [3.8, 4) is 11.4 Å². The standard InChI is InChI=1S/C24H22F3N5O/c1-14-4-2-8-28-21(14)22-17(5-3-9-29-22)23(33)32-13-15-10-18(19(32)11-15)31-20-7-6-16(12-30-20)24(25,26)27/h2-9,12,15,18-19H,10-11,13H2,1H3,(H,30,31)/t15-,18+,19-/m0/s1. The summed E-state index contributed by atoms with van der Waals surface area (Å²) in [5.41, 5.74) is 1.87. The molecule has 1 amide bonds. The highest BCUT2D eigenvalue weighted by atomic mass is 19.4. The predicted molar refractivity (Wildman–Crippen MR) is 116 cm³/mol. The number of aromatic nitrogens is 3. The summed E-state index contributed by atoms with van der Waals surface area (Å²) in [5.74, 6) is 0.601. The molecule has 170 valence electrons. The first-order valence-electron chi connectivity index (χ1n) is 10.8. The molecule has 5 rings (SSSR count). The lowest BCUT2D eigenvalue weighted by atomic mass is 10.0. The maximum Gasteiger partial charge on any atom is 0.417 e. The number of hydrogen-bond donors (Lipinski definition) is 1. The number of nitrogens with one attached hydrogen (secondary N) is 1. The lowest BCUT2D eigenvalue weighted by Crippen LogP contribution is -2.48. The van der Waals surface area contributed by atoms with Crippen LogP contribution in [0.3, 0.4) is 0 Å². The van der Waals surface area contributed by atoms with Crippen molar-refractivity contribution >= 4 is 11.7 Å². The van der Waals surface area contributed by atoms with Gasteiger partial charge in [0, 0.05) is 31.2 Å². The number of pyridine rings is 3. The van der Waals surface area contributed by atoms with E-state index in [1.54, 1.807) is 24.5 Å². The maximum absolute atomic E-state index is 13.6. The largest absolute Gasteiger partial charge is 0.417 e. The number of likely N-dealkylation sites (tertiary alicyclic amines) is 1. The van der Waals surface area contributed by atoms with Crippen LogP contribution in [-0.2, 0) is 6.18 Å². The summed E-state index contributed by atoms with van der Waals surface area (Å²) in [5, 5.41) is 3.24. The van der Waals surface area contributed by atoms with E-state index in [0.717, 1.165) is 30.7 Å². The Bertz CT molecular complexity index is 1180. The van der Waals surface area contributed by atoms with Crippen molar-refractivity contribution in [3.63, 3.8) is 0 Å². The Hall–Kier alpha value is -3.49. The number of rotatable bonds is 4. The minimum absolute atomic E-state index is 0.0653. The molecule has 0 aromatic carbocycles. The van der Waals surface area contributed by atoms with Crippen LogP contribution < -0.4 is 5.32 Å². The molecule has 3 atom stereocenters. The summed E-state index contributed by atoms with van der Waals surface area (Å²) in [7, 11) is 0. The highest BCUT2D eigenvalue weighted by molar-refractivity contribution is 6.00. The Morgan fingerprint density at radius 1 is 1.03 bits per heavy atom. The number of aryl methyl sites for hydroxylation is 1. The molecule has 1 saturated carbocycles. The minimum Gasteiger partial charge on any atom is -0.365 e. The Balaban J connectivity index is 1.37. The summed E-state index contributed by atoms with van der Waals surface area (Å²) in [6, 6.07) is 9.50. The number of halogens is 3. The van der Waals surface area contributed by atoms with Gasteiger partial charge in [0.1, 0.15) is 11.5 Å². The van der Waals surface area contributed by atoms with E-state index in [4.69, 9.17) is 0 Å². The molecule has 3 aromatic rings. The van der Waals surface area contributed by atoms with Gasteiger partial charge in [0.2, 0.25) is 0 Å². The average molecular weight is 453 g/mol. The molecule has 0 radical (unpaired) electrons. The van der Waals surface area contributed by atoms with E-state index in [9.17, 15) is 18.0 Å². The van der Waals surface area contributed by atoms with Crippen molar-refractivity contribution in [2.24, 2.45) is 5.92 Å². The second-order valence-corrected chi connectivity index (χ2v) is 8.61. The summed E-state index contributed by atoms with van der Waals surface area (Å²) in [6.07, 6.45) is 1.43. The van der Waals surface area contributed by atoms with Crippen LogP contribution in [0.1, 0.15) is 34.3 Å². The van der Waals surface area contributed by atoms with E-state index in [-0.39, 0.29) is 18.0 Å². The molecule has 1 N–H and O–H groups in total. The van der Waals surface area contributed by atoms with Crippen LogP contribution in [0.2, 0.25) is 0 Å². The molecule has 0 spiro atoms. The quantitative estimate of drug-likeness (QED) is 0.626. The molecule has 1 aliphatic carbocycles. The zero-order chi connectivity index (χ0) is 23.2. The van der Waals surface area contributed by atoms with Gasteiger partial charge in [-0.15, -0.1) is 0 Å². The normalized spacial score (nSPS) is 21.9. The topological polar surface area (TPSA) is 71.0 Å². The second kappa shape index (κ2) is 8.13. The first-order valence-corrected chi connectivity index (χ1v) is 10.8. The van der Waals surface area contributed by atoms with Gasteiger partial charge in [-0.25, -0.2) is 4.98 Å². The molecule has 3 aromatic heterocycles. The summed E-state index contributed by atoms with van der Waals surface area (Å²) >= 11 is 0. The molecule has 6 nitrogen and oxygen atoms in total. The number of fused-ring (bicyclic) bond motifs is 2. The van der Waals surface area contributed by atoms with E-state index in [1.807, 2.05) is 24.0 Å². The highest BCUT2D eigenvalue weighted by Crippen LogP contribution is 2.40. The van der Waals surface area contributed by atoms with E-state index in [0.29, 0.717) is 35.2 Å². The van der Waals surface area contributed by atoms with Gasteiger partial charge in [-0.05, 0) is 61.6 Å². The number of nitrogens with zero attached hydrogens (tertiary/aromatic N) is 4. The van der Waals surface area contributed by atoms with Crippen molar-refractivity contribution in [1.29, 1.82) is 0 Å². The lowest BCUT2D eigenvalue weighted by molar-refractivity contribution is -0.137. The number of piperidine rings is 1. The predicted octanol–water partition coefficient (Wildman–Crippen LogP) is 4.58. The van der Waals surface area contributed by atoms with E-state index >= 15 is 0 Å². The third-order valence-electron chi connectivity index (χ3n) is 6.44. The summed E-state index contributed by atoms with van der Waals surface area (Å²) < 4.78 is 38.4. The van der Waals surface area contributed by atoms with Gasteiger partial charge in [-0.2, -0.15) is 13.2 Å². The number of anilines is 1. The van der Waals surface area contributed by atoms with E-state index in [1.165, 1.54) is 6.07 Å². The number of amides is 1. The smallest absolute Gasteiger partial charge is 0.365 e. The first-order chi connectivity index (χ1) is 15.8. The minimum atomic E-state index is -4.42.